The van der Waals surface area contributed by atoms with E-state index in [1.807, 2.05) is 32.0 Å². The summed E-state index contributed by atoms with van der Waals surface area (Å²) in [4.78, 5) is 95.2. The molecule has 0 unspecified atom stereocenters. The van der Waals surface area contributed by atoms with Crippen molar-refractivity contribution in [2.24, 2.45) is 5.16 Å². The van der Waals surface area contributed by atoms with E-state index in [0.29, 0.717) is 35.5 Å². The number of oxime groups is 1. The highest BCUT2D eigenvalue weighted by atomic mass is 16.7. The molecule has 21 nitrogen and oxygen atoms in total. The predicted molar refractivity (Wildman–Crippen MR) is 203 cm³/mol. The van der Waals surface area contributed by atoms with Gasteiger partial charge >= 0.3 is 11.9 Å². The Hall–Kier alpha value is -7.97. The van der Waals surface area contributed by atoms with Crippen LogP contribution in [0.25, 0.3) is 33.4 Å². The fraction of sp³-hybridized carbons (Fsp3) is 0.237. The van der Waals surface area contributed by atoms with Gasteiger partial charge in [-0.2, -0.15) is 0 Å². The molecule has 0 amide bonds. The van der Waals surface area contributed by atoms with Crippen molar-refractivity contribution in [3.8, 4) is 22.5 Å². The molecule has 0 bridgehead atoms. The van der Waals surface area contributed by atoms with Gasteiger partial charge in [0.2, 0.25) is 12.2 Å². The van der Waals surface area contributed by atoms with Crippen LogP contribution in [0.15, 0.2) is 58.5 Å². The number of hydrogen-bond donors (Lipinski definition) is 0. The van der Waals surface area contributed by atoms with Crippen molar-refractivity contribution in [2.75, 3.05) is 6.61 Å². The van der Waals surface area contributed by atoms with Crippen LogP contribution in [-0.2, 0) is 49.1 Å². The Morgan fingerprint density at radius 1 is 0.881 bits per heavy atom. The number of nitro benzene ring substituents is 4. The van der Waals surface area contributed by atoms with E-state index in [1.54, 1.807) is 6.07 Å². The Kier molecular flexibility index (Phi) is 8.74. The maximum absolute atomic E-state index is 14.1. The second-order valence-electron chi connectivity index (χ2n) is 13.9. The topological polar surface area (TPSA) is 282 Å². The molecule has 2 aliphatic heterocycles. The number of ether oxygens (including phenoxy) is 2. The number of benzene rings is 3. The summed E-state index contributed by atoms with van der Waals surface area (Å²) >= 11 is 0. The van der Waals surface area contributed by atoms with Crippen molar-refractivity contribution >= 4 is 51.3 Å². The number of hydrogen-bond acceptors (Lipinski definition) is 16. The second kappa shape index (κ2) is 13.6. The first kappa shape index (κ1) is 37.9. The first-order valence-electron chi connectivity index (χ1n) is 17.8. The number of pyridine rings is 2. The molecule has 298 valence electrons. The standard InChI is InChI=1S/C38H27N7O14/c1-4-20-21-8-17(3)6-7-27(21)39-35-24(20)14-41-30(35)13-26-25(36(41)47)15-57-37(48)38(26,5-2)59-31(46)16-58-40-34-22-9-18(42(49)50)11-28(44(53)54)32(22)33-23(34)10-19(43(51)52)12-29(33)45(55)56/h6-13H,4-5,14-16H2,1-3H3/t38-/m0/s1. The van der Waals surface area contributed by atoms with Crippen LogP contribution < -0.4 is 5.56 Å². The highest BCUT2D eigenvalue weighted by molar-refractivity contribution is 6.27. The first-order chi connectivity index (χ1) is 28.1. The van der Waals surface area contributed by atoms with Gasteiger partial charge < -0.3 is 18.9 Å². The fourth-order valence-electron chi connectivity index (χ4n) is 8.08. The normalized spacial score (nSPS) is 15.6. The Bertz CT molecular complexity index is 2840. The molecule has 3 aliphatic rings. The van der Waals surface area contributed by atoms with Crippen LogP contribution >= 0.6 is 0 Å². The van der Waals surface area contributed by atoms with Gasteiger partial charge in [-0.1, -0.05) is 30.6 Å². The van der Waals surface area contributed by atoms with Gasteiger partial charge in [-0.05, 0) is 43.5 Å². The molecule has 0 fully saturated rings. The van der Waals surface area contributed by atoms with Crippen LogP contribution in [0.3, 0.4) is 0 Å². The van der Waals surface area contributed by atoms with E-state index in [2.05, 4.69) is 5.16 Å². The van der Waals surface area contributed by atoms with Crippen molar-refractivity contribution in [2.45, 2.75) is 52.4 Å². The van der Waals surface area contributed by atoms with Gasteiger partial charge in [-0.3, -0.25) is 45.3 Å². The van der Waals surface area contributed by atoms with Crippen LogP contribution in [0.1, 0.15) is 59.2 Å². The van der Waals surface area contributed by atoms with Gasteiger partial charge in [0.05, 0.1) is 72.0 Å². The molecule has 3 aromatic carbocycles. The molecule has 2 aromatic heterocycles. The van der Waals surface area contributed by atoms with Gasteiger partial charge in [0.15, 0.2) is 0 Å². The van der Waals surface area contributed by atoms with Gasteiger partial charge in [0.25, 0.3) is 28.3 Å². The molecule has 21 heteroatoms. The van der Waals surface area contributed by atoms with Crippen LogP contribution in [0.2, 0.25) is 0 Å². The van der Waals surface area contributed by atoms with Gasteiger partial charge in [-0.25, -0.2) is 14.6 Å². The van der Waals surface area contributed by atoms with E-state index in [4.69, 9.17) is 19.3 Å². The largest absolute Gasteiger partial charge is 0.457 e. The Morgan fingerprint density at radius 2 is 1.51 bits per heavy atom. The second-order valence-corrected chi connectivity index (χ2v) is 13.9. The number of nitro groups is 4. The minimum absolute atomic E-state index is 0.0703. The molecule has 5 aromatic rings. The van der Waals surface area contributed by atoms with Gasteiger partial charge in [0, 0.05) is 39.8 Å². The zero-order valence-corrected chi connectivity index (χ0v) is 31.0. The quantitative estimate of drug-likeness (QED) is 0.0926. The molecule has 59 heavy (non-hydrogen) atoms. The summed E-state index contributed by atoms with van der Waals surface area (Å²) in [5.74, 6) is -2.22. The molecule has 1 atom stereocenters. The summed E-state index contributed by atoms with van der Waals surface area (Å²) in [6.45, 7) is 4.21. The number of cyclic esters (lactones) is 1. The highest BCUT2D eigenvalue weighted by Crippen LogP contribution is 2.50. The lowest BCUT2D eigenvalue weighted by atomic mass is 9.85. The van der Waals surface area contributed by atoms with Crippen LogP contribution in [0.4, 0.5) is 22.7 Å². The lowest BCUT2D eigenvalue weighted by Crippen LogP contribution is -2.48. The van der Waals surface area contributed by atoms with Gasteiger partial charge in [-0.15, -0.1) is 0 Å². The first-order valence-corrected chi connectivity index (χ1v) is 17.8. The minimum atomic E-state index is -2.16. The molecule has 0 radical (unpaired) electrons. The molecule has 0 spiro atoms. The summed E-state index contributed by atoms with van der Waals surface area (Å²) in [6, 6.07) is 10.2. The van der Waals surface area contributed by atoms with E-state index in [1.165, 1.54) is 11.5 Å². The van der Waals surface area contributed by atoms with E-state index in [0.717, 1.165) is 34.2 Å². The van der Waals surface area contributed by atoms with E-state index in [-0.39, 0.29) is 24.1 Å². The van der Waals surface area contributed by atoms with Gasteiger partial charge in [0.1, 0.15) is 12.3 Å². The maximum atomic E-state index is 14.1. The summed E-state index contributed by atoms with van der Waals surface area (Å²) < 4.78 is 12.7. The highest BCUT2D eigenvalue weighted by Gasteiger charge is 2.51. The van der Waals surface area contributed by atoms with E-state index in [9.17, 15) is 54.8 Å². The van der Waals surface area contributed by atoms with Crippen LogP contribution in [0.5, 0.6) is 0 Å². The number of rotatable bonds is 10. The minimum Gasteiger partial charge on any atom is -0.457 e. The van der Waals surface area contributed by atoms with Crippen LogP contribution in [0, 0.1) is 47.4 Å². The lowest BCUT2D eigenvalue weighted by Gasteiger charge is -2.35. The number of aryl methyl sites for hydroxylation is 2. The molecule has 8 rings (SSSR count). The third kappa shape index (κ3) is 5.72. The van der Waals surface area contributed by atoms with Crippen molar-refractivity contribution in [1.82, 2.24) is 9.55 Å². The Morgan fingerprint density at radius 3 is 2.07 bits per heavy atom. The van der Waals surface area contributed by atoms with Crippen molar-refractivity contribution < 1.29 is 43.6 Å². The SMILES string of the molecule is CCc1c2c(nc3ccc(C)cc13)-c1cc3c(c(=O)n1C2)COC(=O)[C@@]3(CC)OC(=O)CON=C1c2cc([N+](=O)[O-])cc([N+](=O)[O-])c2-c2c1cc([N+](=O)[O-])cc2[N+](=O)[O-]. The molecular formula is C38H27N7O14. The number of carbonyl (C=O) groups is 2. The average molecular weight is 806 g/mol. The molecular weight excluding hydrogens is 778 g/mol. The summed E-state index contributed by atoms with van der Waals surface area (Å²) in [5, 5.41) is 52.6. The maximum Gasteiger partial charge on any atom is 0.355 e. The number of carbonyl (C=O) groups excluding carboxylic acids is 2. The monoisotopic (exact) mass is 805 g/mol. The molecule has 1 aliphatic carbocycles. The van der Waals surface area contributed by atoms with Crippen molar-refractivity contribution in [3.63, 3.8) is 0 Å². The third-order valence-corrected chi connectivity index (χ3v) is 10.7. The number of non-ortho nitro benzene ring substituents is 2. The Labute approximate surface area is 329 Å². The lowest BCUT2D eigenvalue weighted by molar-refractivity contribution is -0.395. The molecule has 0 saturated carbocycles. The van der Waals surface area contributed by atoms with E-state index < -0.39 is 107 Å². The number of nitrogens with zero attached hydrogens (tertiary/aromatic N) is 7. The number of esters is 2. The van der Waals surface area contributed by atoms with Crippen molar-refractivity contribution in [1.29, 1.82) is 0 Å². The van der Waals surface area contributed by atoms with Crippen molar-refractivity contribution in [3.05, 3.63) is 138 Å². The molecule has 0 saturated heterocycles. The number of aromatic nitrogens is 2. The summed E-state index contributed by atoms with van der Waals surface area (Å²) in [7, 11) is 0. The van der Waals surface area contributed by atoms with Crippen LogP contribution in [-0.4, -0.2) is 53.5 Å². The predicted octanol–water partition coefficient (Wildman–Crippen LogP) is 5.58. The zero-order valence-electron chi connectivity index (χ0n) is 31.0. The molecule has 0 N–H and O–H groups in total. The zero-order chi connectivity index (χ0) is 42.2. The average Bonchev–Trinajstić information content (AvgIpc) is 3.72. The Balaban J connectivity index is 1.18. The smallest absolute Gasteiger partial charge is 0.355 e. The molecule has 4 heterocycles. The summed E-state index contributed by atoms with van der Waals surface area (Å²) in [5.41, 5.74) is -3.89. The third-order valence-electron chi connectivity index (χ3n) is 10.7. The summed E-state index contributed by atoms with van der Waals surface area (Å²) in [6.07, 6.45) is 0.440. The fourth-order valence-corrected chi connectivity index (χ4v) is 8.08. The van der Waals surface area contributed by atoms with E-state index >= 15 is 0 Å². The number of fused-ring (bicyclic) bond motifs is 8.